The van der Waals surface area contributed by atoms with E-state index in [-0.39, 0.29) is 11.9 Å². The molecule has 16 heavy (non-hydrogen) atoms. The summed E-state index contributed by atoms with van der Waals surface area (Å²) in [4.78, 5) is 11.6. The minimum Gasteiger partial charge on any atom is -0.327 e. The van der Waals surface area contributed by atoms with Crippen LogP contribution >= 0.6 is 11.8 Å². The first-order chi connectivity index (χ1) is 7.50. The maximum atomic E-state index is 11.6. The van der Waals surface area contributed by atoms with Crippen LogP contribution in [0.15, 0.2) is 0 Å². The van der Waals surface area contributed by atoms with Crippen LogP contribution in [0, 0.1) is 13.8 Å². The molecule has 1 aromatic heterocycles. The molecule has 6 heteroatoms. The van der Waals surface area contributed by atoms with E-state index in [1.54, 1.807) is 0 Å². The van der Waals surface area contributed by atoms with Gasteiger partial charge in [-0.3, -0.25) is 9.89 Å². The molecule has 0 saturated heterocycles. The van der Waals surface area contributed by atoms with Crippen molar-refractivity contribution in [2.45, 2.75) is 26.8 Å². The monoisotopic (exact) mass is 242 g/mol. The third-order valence-corrected chi connectivity index (χ3v) is 3.23. The third kappa shape index (κ3) is 3.86. The highest BCUT2D eigenvalue weighted by Crippen LogP contribution is 2.16. The zero-order valence-corrected chi connectivity index (χ0v) is 10.6. The Labute approximate surface area is 99.6 Å². The summed E-state index contributed by atoms with van der Waals surface area (Å²) in [6.07, 6.45) is 0. The largest absolute Gasteiger partial charge is 0.327 e. The number of hydrogen-bond acceptors (Lipinski definition) is 4. The highest BCUT2D eigenvalue weighted by Gasteiger charge is 2.10. The van der Waals surface area contributed by atoms with Gasteiger partial charge in [0.15, 0.2) is 0 Å². The molecular formula is C10H18N4OS. The second kappa shape index (κ2) is 5.91. The van der Waals surface area contributed by atoms with Crippen LogP contribution in [-0.2, 0) is 4.79 Å². The maximum absolute atomic E-state index is 11.6. The van der Waals surface area contributed by atoms with Gasteiger partial charge in [0.05, 0.1) is 22.8 Å². The summed E-state index contributed by atoms with van der Waals surface area (Å²) in [6.45, 7) is 5.66. The molecule has 4 N–H and O–H groups in total. The number of aromatic nitrogens is 2. The van der Waals surface area contributed by atoms with Crippen molar-refractivity contribution in [2.75, 3.05) is 16.8 Å². The van der Waals surface area contributed by atoms with Crippen molar-refractivity contribution in [3.63, 3.8) is 0 Å². The highest BCUT2D eigenvalue weighted by molar-refractivity contribution is 8.00. The Kier molecular flexibility index (Phi) is 4.82. The number of carbonyl (C=O) groups excluding carboxylic acids is 1. The molecule has 0 spiro atoms. The number of H-pyrrole nitrogens is 1. The predicted octanol–water partition coefficient (Wildman–Crippen LogP) is 1.05. The summed E-state index contributed by atoms with van der Waals surface area (Å²) >= 11 is 1.54. The van der Waals surface area contributed by atoms with E-state index in [2.05, 4.69) is 15.5 Å². The maximum Gasteiger partial charge on any atom is 0.234 e. The van der Waals surface area contributed by atoms with Crippen LogP contribution in [0.3, 0.4) is 0 Å². The minimum absolute atomic E-state index is 0.0155. The van der Waals surface area contributed by atoms with E-state index in [9.17, 15) is 4.79 Å². The first-order valence-corrected chi connectivity index (χ1v) is 6.31. The van der Waals surface area contributed by atoms with E-state index >= 15 is 0 Å². The molecule has 90 valence electrons. The normalized spacial score (nSPS) is 12.5. The van der Waals surface area contributed by atoms with Gasteiger partial charge in [-0.2, -0.15) is 16.9 Å². The Balaban J connectivity index is 2.40. The van der Waals surface area contributed by atoms with Crippen LogP contribution < -0.4 is 11.1 Å². The molecule has 0 aliphatic rings. The number of aryl methyl sites for hydroxylation is 2. The lowest BCUT2D eigenvalue weighted by Crippen LogP contribution is -2.20. The van der Waals surface area contributed by atoms with E-state index < -0.39 is 0 Å². The summed E-state index contributed by atoms with van der Waals surface area (Å²) in [7, 11) is 0. The van der Waals surface area contributed by atoms with E-state index in [0.29, 0.717) is 5.75 Å². The average molecular weight is 242 g/mol. The first kappa shape index (κ1) is 13.1. The molecule has 0 aliphatic carbocycles. The van der Waals surface area contributed by atoms with Gasteiger partial charge in [0, 0.05) is 11.8 Å². The van der Waals surface area contributed by atoms with Gasteiger partial charge in [-0.25, -0.2) is 0 Å². The molecule has 1 rings (SSSR count). The smallest absolute Gasteiger partial charge is 0.234 e. The van der Waals surface area contributed by atoms with Crippen LogP contribution in [0.5, 0.6) is 0 Å². The molecule has 0 aliphatic heterocycles. The van der Waals surface area contributed by atoms with Gasteiger partial charge in [-0.1, -0.05) is 0 Å². The molecule has 0 fully saturated rings. The quantitative estimate of drug-likeness (QED) is 0.720. The summed E-state index contributed by atoms with van der Waals surface area (Å²) in [5.74, 6) is 1.20. The summed E-state index contributed by atoms with van der Waals surface area (Å²) < 4.78 is 0. The Bertz CT molecular complexity index is 342. The lowest BCUT2D eigenvalue weighted by atomic mass is 10.3. The summed E-state index contributed by atoms with van der Waals surface area (Å²) in [5.41, 5.74) is 8.07. The van der Waals surface area contributed by atoms with Crippen LogP contribution in [0.25, 0.3) is 0 Å². The fourth-order valence-corrected chi connectivity index (χ4v) is 2.00. The topological polar surface area (TPSA) is 83.8 Å². The standard InChI is InChI=1S/C10H18N4OS/c1-6(11)4-16-5-9(15)12-10-7(2)13-14-8(10)3/h6H,4-5,11H2,1-3H3,(H,12,15)(H,13,14). The van der Waals surface area contributed by atoms with Gasteiger partial charge < -0.3 is 11.1 Å². The molecule has 0 radical (unpaired) electrons. The van der Waals surface area contributed by atoms with Gasteiger partial charge in [0.2, 0.25) is 5.91 Å². The average Bonchev–Trinajstić information content (AvgIpc) is 2.49. The number of rotatable bonds is 5. The highest BCUT2D eigenvalue weighted by atomic mass is 32.2. The lowest BCUT2D eigenvalue weighted by molar-refractivity contribution is -0.113. The van der Waals surface area contributed by atoms with E-state index in [1.807, 2.05) is 20.8 Å². The fourth-order valence-electron chi connectivity index (χ4n) is 1.25. The molecule has 1 atom stereocenters. The number of aromatic amines is 1. The Morgan fingerprint density at radius 2 is 2.31 bits per heavy atom. The van der Waals surface area contributed by atoms with E-state index in [0.717, 1.165) is 22.8 Å². The lowest BCUT2D eigenvalue weighted by Gasteiger charge is -2.06. The SMILES string of the molecule is Cc1n[nH]c(C)c1NC(=O)CSCC(C)N. The Morgan fingerprint density at radius 3 is 2.81 bits per heavy atom. The van der Waals surface area contributed by atoms with E-state index in [1.165, 1.54) is 11.8 Å². The zero-order chi connectivity index (χ0) is 12.1. The van der Waals surface area contributed by atoms with Crippen molar-refractivity contribution >= 4 is 23.4 Å². The molecule has 1 amide bonds. The zero-order valence-electron chi connectivity index (χ0n) is 9.83. The number of nitrogens with one attached hydrogen (secondary N) is 2. The van der Waals surface area contributed by atoms with Crippen molar-refractivity contribution in [1.82, 2.24) is 10.2 Å². The second-order valence-electron chi connectivity index (χ2n) is 3.85. The Hall–Kier alpha value is -1.01. The number of carbonyl (C=O) groups is 1. The van der Waals surface area contributed by atoms with Crippen molar-refractivity contribution in [1.29, 1.82) is 0 Å². The van der Waals surface area contributed by atoms with Gasteiger partial charge in [0.1, 0.15) is 0 Å². The third-order valence-electron chi connectivity index (χ3n) is 2.01. The number of thioether (sulfide) groups is 1. The molecular weight excluding hydrogens is 224 g/mol. The second-order valence-corrected chi connectivity index (χ2v) is 4.88. The predicted molar refractivity (Wildman–Crippen MR) is 67.7 cm³/mol. The number of nitrogens with zero attached hydrogens (tertiary/aromatic N) is 1. The molecule has 0 aromatic carbocycles. The van der Waals surface area contributed by atoms with Crippen molar-refractivity contribution < 1.29 is 4.79 Å². The Morgan fingerprint density at radius 1 is 1.62 bits per heavy atom. The van der Waals surface area contributed by atoms with Crippen LogP contribution in [-0.4, -0.2) is 33.7 Å². The number of anilines is 1. The van der Waals surface area contributed by atoms with E-state index in [4.69, 9.17) is 5.73 Å². The van der Waals surface area contributed by atoms with Gasteiger partial charge in [-0.05, 0) is 20.8 Å². The molecule has 1 unspecified atom stereocenters. The van der Waals surface area contributed by atoms with Crippen LogP contribution in [0.2, 0.25) is 0 Å². The van der Waals surface area contributed by atoms with Crippen molar-refractivity contribution in [3.8, 4) is 0 Å². The van der Waals surface area contributed by atoms with Crippen molar-refractivity contribution in [3.05, 3.63) is 11.4 Å². The van der Waals surface area contributed by atoms with Crippen molar-refractivity contribution in [2.24, 2.45) is 5.73 Å². The number of nitrogens with two attached hydrogens (primary N) is 1. The van der Waals surface area contributed by atoms with Gasteiger partial charge in [0.25, 0.3) is 0 Å². The number of hydrogen-bond donors (Lipinski definition) is 3. The van der Waals surface area contributed by atoms with Crippen LogP contribution in [0.1, 0.15) is 18.3 Å². The fraction of sp³-hybridized carbons (Fsp3) is 0.600. The first-order valence-electron chi connectivity index (χ1n) is 5.15. The summed E-state index contributed by atoms with van der Waals surface area (Å²) in [6, 6.07) is 0.121. The molecule has 0 bridgehead atoms. The van der Waals surface area contributed by atoms with Gasteiger partial charge >= 0.3 is 0 Å². The van der Waals surface area contributed by atoms with Gasteiger partial charge in [-0.15, -0.1) is 0 Å². The van der Waals surface area contributed by atoms with Crippen LogP contribution in [0.4, 0.5) is 5.69 Å². The number of amides is 1. The minimum atomic E-state index is -0.0155. The molecule has 1 heterocycles. The molecule has 5 nitrogen and oxygen atoms in total. The molecule has 0 saturated carbocycles. The molecule has 1 aromatic rings. The summed E-state index contributed by atoms with van der Waals surface area (Å²) in [5, 5.41) is 9.67.